The Morgan fingerprint density at radius 3 is 2.73 bits per heavy atom. The van der Waals surface area contributed by atoms with Crippen molar-refractivity contribution >= 4 is 5.97 Å². The van der Waals surface area contributed by atoms with Gasteiger partial charge in [-0.3, -0.25) is 4.90 Å². The third-order valence-electron chi connectivity index (χ3n) is 3.09. The lowest BCUT2D eigenvalue weighted by Crippen LogP contribution is -2.54. The fourth-order valence-electron chi connectivity index (χ4n) is 1.82. The number of rotatable bonds is 3. The molecule has 3 atom stereocenters. The van der Waals surface area contributed by atoms with Gasteiger partial charge in [-0.2, -0.15) is 0 Å². The first-order valence-electron chi connectivity index (χ1n) is 5.26. The molecule has 0 aliphatic carbocycles. The Bertz CT molecular complexity index is 243. The second-order valence-corrected chi connectivity index (χ2v) is 4.74. The molecule has 1 rings (SSSR count). The largest absolute Gasteiger partial charge is 0.479 e. The van der Waals surface area contributed by atoms with Crippen molar-refractivity contribution in [1.82, 2.24) is 4.90 Å². The van der Waals surface area contributed by atoms with Gasteiger partial charge in [-0.25, -0.2) is 4.79 Å². The summed E-state index contributed by atoms with van der Waals surface area (Å²) in [5.74, 6) is -0.717. The predicted octanol–water partition coefficient (Wildman–Crippen LogP) is -0.509. The van der Waals surface area contributed by atoms with Crippen LogP contribution in [0, 0.1) is 5.92 Å². The minimum absolute atomic E-state index is 0.0725. The van der Waals surface area contributed by atoms with Gasteiger partial charge >= 0.3 is 5.97 Å². The van der Waals surface area contributed by atoms with Gasteiger partial charge in [0.05, 0.1) is 0 Å². The molecule has 1 heterocycles. The average Bonchev–Trinajstić information content (AvgIpc) is 2.10. The first-order valence-corrected chi connectivity index (χ1v) is 5.26. The molecule has 0 amide bonds. The number of carboxylic acids is 1. The average molecular weight is 216 g/mol. The number of likely N-dealkylation sites (tertiary alicyclic amines) is 1. The molecule has 0 aromatic rings. The molecule has 0 aromatic heterocycles. The second-order valence-electron chi connectivity index (χ2n) is 4.74. The molecule has 3 unspecified atom stereocenters. The number of nitrogens with zero attached hydrogens (tertiary/aromatic N) is 1. The maximum atomic E-state index is 10.7. The Hall–Kier alpha value is -0.650. The zero-order chi connectivity index (χ0) is 11.6. The zero-order valence-electron chi connectivity index (χ0n) is 9.31. The topological polar surface area (TPSA) is 86.8 Å². The van der Waals surface area contributed by atoms with Gasteiger partial charge in [-0.05, 0) is 25.8 Å². The normalized spacial score (nSPS) is 32.3. The number of hydrogen-bond acceptors (Lipinski definition) is 4. The first kappa shape index (κ1) is 12.4. The fourth-order valence-corrected chi connectivity index (χ4v) is 1.82. The van der Waals surface area contributed by atoms with E-state index in [2.05, 4.69) is 6.92 Å². The standard InChI is InChI=1S/C10H20N2O3/c1-7-3-4-12(5-8(7)11)6-10(2,15)9(13)14/h7-8,15H,3-6,11H2,1-2H3,(H,13,14). The van der Waals surface area contributed by atoms with E-state index < -0.39 is 11.6 Å². The third kappa shape index (κ3) is 3.15. The Kier molecular flexibility index (Phi) is 3.70. The number of aliphatic hydroxyl groups is 1. The van der Waals surface area contributed by atoms with Crippen LogP contribution in [0.25, 0.3) is 0 Å². The summed E-state index contributed by atoms with van der Waals surface area (Å²) in [5.41, 5.74) is 4.21. The highest BCUT2D eigenvalue weighted by Crippen LogP contribution is 2.17. The highest BCUT2D eigenvalue weighted by Gasteiger charge is 2.34. The quantitative estimate of drug-likeness (QED) is 0.591. The molecule has 0 radical (unpaired) electrons. The van der Waals surface area contributed by atoms with Gasteiger partial charge in [0.1, 0.15) is 0 Å². The molecular formula is C10H20N2O3. The molecule has 0 aromatic carbocycles. The van der Waals surface area contributed by atoms with Crippen molar-refractivity contribution in [2.24, 2.45) is 11.7 Å². The summed E-state index contributed by atoms with van der Waals surface area (Å²) in [7, 11) is 0. The van der Waals surface area contributed by atoms with Gasteiger partial charge in [0.2, 0.25) is 0 Å². The number of carbonyl (C=O) groups is 1. The molecule has 15 heavy (non-hydrogen) atoms. The summed E-state index contributed by atoms with van der Waals surface area (Å²) < 4.78 is 0. The van der Waals surface area contributed by atoms with Gasteiger partial charge in [0, 0.05) is 19.1 Å². The van der Waals surface area contributed by atoms with Crippen molar-refractivity contribution in [1.29, 1.82) is 0 Å². The highest BCUT2D eigenvalue weighted by molar-refractivity contribution is 5.76. The number of hydrogen-bond donors (Lipinski definition) is 3. The van der Waals surface area contributed by atoms with Gasteiger partial charge in [0.15, 0.2) is 5.60 Å². The smallest absolute Gasteiger partial charge is 0.336 e. The van der Waals surface area contributed by atoms with E-state index in [0.29, 0.717) is 12.5 Å². The molecule has 5 heteroatoms. The van der Waals surface area contributed by atoms with E-state index in [1.807, 2.05) is 4.90 Å². The van der Waals surface area contributed by atoms with E-state index in [-0.39, 0.29) is 12.6 Å². The molecule has 0 saturated carbocycles. The lowest BCUT2D eigenvalue weighted by molar-refractivity contribution is -0.158. The van der Waals surface area contributed by atoms with Crippen molar-refractivity contribution < 1.29 is 15.0 Å². The molecule has 5 nitrogen and oxygen atoms in total. The molecule has 4 N–H and O–H groups in total. The van der Waals surface area contributed by atoms with Crippen LogP contribution in [0.3, 0.4) is 0 Å². The number of nitrogens with two attached hydrogens (primary N) is 1. The summed E-state index contributed by atoms with van der Waals surface area (Å²) in [4.78, 5) is 12.6. The lowest BCUT2D eigenvalue weighted by Gasteiger charge is -2.37. The van der Waals surface area contributed by atoms with Gasteiger partial charge < -0.3 is 15.9 Å². The van der Waals surface area contributed by atoms with Crippen LogP contribution in [-0.2, 0) is 4.79 Å². The number of aliphatic carboxylic acids is 1. The third-order valence-corrected chi connectivity index (χ3v) is 3.09. The summed E-state index contributed by atoms with van der Waals surface area (Å²) in [6.07, 6.45) is 0.955. The van der Waals surface area contributed by atoms with Crippen LogP contribution in [0.5, 0.6) is 0 Å². The number of carboxylic acid groups (broad SMARTS) is 1. The molecule has 0 spiro atoms. The maximum absolute atomic E-state index is 10.7. The number of β-amino-alcohol motifs (C(OH)–C–C–N with tert-alkyl or cyclic N) is 1. The van der Waals surface area contributed by atoms with Crippen LogP contribution in [0.4, 0.5) is 0 Å². The van der Waals surface area contributed by atoms with Crippen molar-refractivity contribution in [3.05, 3.63) is 0 Å². The molecule has 1 saturated heterocycles. The van der Waals surface area contributed by atoms with Crippen molar-refractivity contribution in [3.8, 4) is 0 Å². The Labute approximate surface area is 89.9 Å². The van der Waals surface area contributed by atoms with E-state index in [9.17, 15) is 9.90 Å². The lowest BCUT2D eigenvalue weighted by atomic mass is 9.93. The Balaban J connectivity index is 2.50. The van der Waals surface area contributed by atoms with Gasteiger partial charge in [-0.1, -0.05) is 6.92 Å². The van der Waals surface area contributed by atoms with Crippen molar-refractivity contribution in [2.75, 3.05) is 19.6 Å². The van der Waals surface area contributed by atoms with Crippen molar-refractivity contribution in [3.63, 3.8) is 0 Å². The maximum Gasteiger partial charge on any atom is 0.336 e. The number of piperidine rings is 1. The first-order chi connectivity index (χ1) is 6.83. The monoisotopic (exact) mass is 216 g/mol. The van der Waals surface area contributed by atoms with Crippen molar-refractivity contribution in [2.45, 2.75) is 31.9 Å². The molecule has 1 aliphatic rings. The summed E-state index contributed by atoms with van der Waals surface area (Å²) >= 11 is 0. The van der Waals surface area contributed by atoms with E-state index in [1.165, 1.54) is 6.92 Å². The fraction of sp³-hybridized carbons (Fsp3) is 0.900. The van der Waals surface area contributed by atoms with E-state index in [0.717, 1.165) is 13.0 Å². The molecule has 1 aliphatic heterocycles. The van der Waals surface area contributed by atoms with E-state index in [4.69, 9.17) is 10.8 Å². The molecule has 0 bridgehead atoms. The predicted molar refractivity (Wildman–Crippen MR) is 56.5 cm³/mol. The highest BCUT2D eigenvalue weighted by atomic mass is 16.4. The summed E-state index contributed by atoms with van der Waals surface area (Å²) in [6, 6.07) is 0.0725. The van der Waals surface area contributed by atoms with Crippen LogP contribution < -0.4 is 5.73 Å². The summed E-state index contributed by atoms with van der Waals surface area (Å²) in [5, 5.41) is 18.4. The molecular weight excluding hydrogens is 196 g/mol. The van der Waals surface area contributed by atoms with Crippen LogP contribution in [0.2, 0.25) is 0 Å². The summed E-state index contributed by atoms with van der Waals surface area (Å²) in [6.45, 7) is 5.02. The van der Waals surface area contributed by atoms with Crippen LogP contribution in [-0.4, -0.2) is 52.4 Å². The molecule has 88 valence electrons. The molecule has 1 fully saturated rings. The minimum atomic E-state index is -1.68. The van der Waals surface area contributed by atoms with Gasteiger partial charge in [0.25, 0.3) is 0 Å². The Morgan fingerprint density at radius 2 is 2.27 bits per heavy atom. The van der Waals surface area contributed by atoms with Crippen LogP contribution in [0.1, 0.15) is 20.3 Å². The SMILES string of the molecule is CC1CCN(CC(C)(O)C(=O)O)CC1N. The van der Waals surface area contributed by atoms with E-state index in [1.54, 1.807) is 0 Å². The minimum Gasteiger partial charge on any atom is -0.479 e. The second kappa shape index (κ2) is 4.47. The van der Waals surface area contributed by atoms with Gasteiger partial charge in [-0.15, -0.1) is 0 Å². The van der Waals surface area contributed by atoms with Crippen LogP contribution in [0.15, 0.2) is 0 Å². The van der Waals surface area contributed by atoms with E-state index >= 15 is 0 Å². The Morgan fingerprint density at radius 1 is 1.67 bits per heavy atom. The zero-order valence-corrected chi connectivity index (χ0v) is 9.31. The van der Waals surface area contributed by atoms with Crippen LogP contribution >= 0.6 is 0 Å².